The Morgan fingerprint density at radius 1 is 1.33 bits per heavy atom. The standard InChI is InChI=1S/C18H16BrNO5S2/c19-17-4-3-16(26-17)14-8-25-15-2-1-12(7-13(14)15)24-9-18(21)20-11-5-6-27(22,23)10-11/h1-4,7-8,11H,5-6,9-10H2,(H,20,21). The topological polar surface area (TPSA) is 85.6 Å². The van der Waals surface area contributed by atoms with Crippen molar-refractivity contribution in [1.82, 2.24) is 5.32 Å². The van der Waals surface area contributed by atoms with Crippen LogP contribution in [0.1, 0.15) is 6.42 Å². The molecule has 0 aliphatic carbocycles. The Hall–Kier alpha value is -1.84. The average Bonchev–Trinajstić information content (AvgIpc) is 3.31. The van der Waals surface area contributed by atoms with Crippen LogP contribution < -0.4 is 10.1 Å². The first kappa shape index (κ1) is 18.5. The van der Waals surface area contributed by atoms with Gasteiger partial charge in [-0.05, 0) is 52.7 Å². The van der Waals surface area contributed by atoms with Crippen LogP contribution in [0.4, 0.5) is 0 Å². The molecule has 3 aromatic rings. The zero-order valence-corrected chi connectivity index (χ0v) is 17.3. The second kappa shape index (κ2) is 7.29. The third-order valence-electron chi connectivity index (χ3n) is 4.35. The highest BCUT2D eigenvalue weighted by Crippen LogP contribution is 2.38. The summed E-state index contributed by atoms with van der Waals surface area (Å²) in [6.07, 6.45) is 2.16. The summed E-state index contributed by atoms with van der Waals surface area (Å²) in [5, 5.41) is 3.62. The zero-order chi connectivity index (χ0) is 19.0. The second-order valence-corrected chi connectivity index (χ2v) is 11.1. The molecule has 3 heterocycles. The summed E-state index contributed by atoms with van der Waals surface area (Å²) in [4.78, 5) is 13.1. The highest BCUT2D eigenvalue weighted by Gasteiger charge is 2.28. The average molecular weight is 470 g/mol. The van der Waals surface area contributed by atoms with E-state index in [9.17, 15) is 13.2 Å². The number of ether oxygens (including phenoxy) is 1. The maximum Gasteiger partial charge on any atom is 0.258 e. The van der Waals surface area contributed by atoms with Crippen LogP contribution in [0.5, 0.6) is 5.75 Å². The summed E-state index contributed by atoms with van der Waals surface area (Å²) in [6, 6.07) is 9.05. The molecule has 1 aromatic carbocycles. The lowest BCUT2D eigenvalue weighted by atomic mass is 10.1. The summed E-state index contributed by atoms with van der Waals surface area (Å²) >= 11 is 5.07. The molecule has 1 atom stereocenters. The van der Waals surface area contributed by atoms with Gasteiger partial charge < -0.3 is 14.5 Å². The third kappa shape index (κ3) is 4.20. The van der Waals surface area contributed by atoms with Gasteiger partial charge in [0, 0.05) is 21.9 Å². The minimum atomic E-state index is -3.02. The van der Waals surface area contributed by atoms with Crippen molar-refractivity contribution in [3.8, 4) is 16.2 Å². The molecule has 0 bridgehead atoms. The molecular weight excluding hydrogens is 454 g/mol. The minimum absolute atomic E-state index is 0.000544. The summed E-state index contributed by atoms with van der Waals surface area (Å²) in [5.41, 5.74) is 1.70. The van der Waals surface area contributed by atoms with Gasteiger partial charge in [0.15, 0.2) is 16.4 Å². The van der Waals surface area contributed by atoms with Gasteiger partial charge in [-0.2, -0.15) is 0 Å². The van der Waals surface area contributed by atoms with E-state index in [0.29, 0.717) is 12.2 Å². The molecule has 27 heavy (non-hydrogen) atoms. The van der Waals surface area contributed by atoms with Crippen molar-refractivity contribution in [2.45, 2.75) is 12.5 Å². The van der Waals surface area contributed by atoms with Gasteiger partial charge in [-0.1, -0.05) is 0 Å². The van der Waals surface area contributed by atoms with Gasteiger partial charge in [0.1, 0.15) is 17.6 Å². The fourth-order valence-corrected chi connectivity index (χ4v) is 6.15. The summed E-state index contributed by atoms with van der Waals surface area (Å²) in [6.45, 7) is -0.167. The second-order valence-electron chi connectivity index (χ2n) is 6.37. The van der Waals surface area contributed by atoms with Crippen LogP contribution in [0.25, 0.3) is 21.4 Å². The Kier molecular flexibility index (Phi) is 5.00. The molecule has 1 amide bonds. The molecule has 9 heteroatoms. The maximum absolute atomic E-state index is 12.0. The Morgan fingerprint density at radius 2 is 2.19 bits per heavy atom. The van der Waals surface area contributed by atoms with Crippen LogP contribution in [0, 0.1) is 0 Å². The number of sulfone groups is 1. The maximum atomic E-state index is 12.0. The Balaban J connectivity index is 1.44. The first-order valence-corrected chi connectivity index (χ1v) is 11.7. The van der Waals surface area contributed by atoms with E-state index < -0.39 is 9.84 Å². The number of thiophene rings is 1. The van der Waals surface area contributed by atoms with Crippen LogP contribution in [-0.2, 0) is 14.6 Å². The molecule has 2 aromatic heterocycles. The lowest BCUT2D eigenvalue weighted by Gasteiger charge is -2.11. The molecule has 0 saturated carbocycles. The monoisotopic (exact) mass is 469 g/mol. The number of benzene rings is 1. The lowest BCUT2D eigenvalue weighted by molar-refractivity contribution is -0.123. The number of carbonyl (C=O) groups excluding carboxylic acids is 1. The van der Waals surface area contributed by atoms with Crippen LogP contribution in [0.3, 0.4) is 0 Å². The molecule has 1 saturated heterocycles. The highest BCUT2D eigenvalue weighted by atomic mass is 79.9. The normalized spacial score (nSPS) is 18.6. The molecule has 0 spiro atoms. The Bertz CT molecular complexity index is 1100. The molecule has 6 nitrogen and oxygen atoms in total. The minimum Gasteiger partial charge on any atom is -0.484 e. The molecule has 1 aliphatic rings. The van der Waals surface area contributed by atoms with E-state index in [4.69, 9.17) is 9.15 Å². The highest BCUT2D eigenvalue weighted by molar-refractivity contribution is 9.11. The van der Waals surface area contributed by atoms with Crippen molar-refractivity contribution >= 4 is 54.0 Å². The predicted octanol–water partition coefficient (Wildman–Crippen LogP) is 3.61. The number of fused-ring (bicyclic) bond motifs is 1. The summed E-state index contributed by atoms with van der Waals surface area (Å²) in [5.74, 6) is 0.346. The fraction of sp³-hybridized carbons (Fsp3) is 0.278. The number of halogens is 1. The van der Waals surface area contributed by atoms with Gasteiger partial charge in [-0.3, -0.25) is 4.79 Å². The number of carbonyl (C=O) groups is 1. The van der Waals surface area contributed by atoms with Crippen molar-refractivity contribution in [2.75, 3.05) is 18.1 Å². The van der Waals surface area contributed by atoms with Crippen molar-refractivity contribution in [2.24, 2.45) is 0 Å². The van der Waals surface area contributed by atoms with E-state index in [1.807, 2.05) is 18.2 Å². The van der Waals surface area contributed by atoms with Gasteiger partial charge in [0.05, 0.1) is 15.3 Å². The number of amides is 1. The van der Waals surface area contributed by atoms with E-state index >= 15 is 0 Å². The number of furan rings is 1. The van der Waals surface area contributed by atoms with E-state index in [0.717, 1.165) is 25.2 Å². The summed E-state index contributed by atoms with van der Waals surface area (Å²) in [7, 11) is -3.02. The number of rotatable bonds is 5. The van der Waals surface area contributed by atoms with Crippen LogP contribution in [0.2, 0.25) is 0 Å². The summed E-state index contributed by atoms with van der Waals surface area (Å²) < 4.78 is 35.1. The van der Waals surface area contributed by atoms with Crippen molar-refractivity contribution in [3.05, 3.63) is 40.4 Å². The van der Waals surface area contributed by atoms with Gasteiger partial charge in [-0.15, -0.1) is 11.3 Å². The van der Waals surface area contributed by atoms with E-state index in [2.05, 4.69) is 21.2 Å². The third-order valence-corrected chi connectivity index (χ3v) is 7.78. The molecule has 142 valence electrons. The van der Waals surface area contributed by atoms with Crippen LogP contribution >= 0.6 is 27.3 Å². The fourth-order valence-electron chi connectivity index (χ4n) is 3.07. The van der Waals surface area contributed by atoms with Gasteiger partial charge in [0.25, 0.3) is 5.91 Å². The molecular formula is C18H16BrNO5S2. The van der Waals surface area contributed by atoms with E-state index in [1.165, 1.54) is 0 Å². The number of nitrogens with one attached hydrogen (secondary N) is 1. The smallest absolute Gasteiger partial charge is 0.258 e. The van der Waals surface area contributed by atoms with Gasteiger partial charge in [-0.25, -0.2) is 8.42 Å². The largest absolute Gasteiger partial charge is 0.484 e. The Labute approximate surface area is 168 Å². The zero-order valence-electron chi connectivity index (χ0n) is 14.1. The predicted molar refractivity (Wildman–Crippen MR) is 108 cm³/mol. The molecule has 1 fully saturated rings. The molecule has 1 unspecified atom stereocenters. The van der Waals surface area contributed by atoms with Gasteiger partial charge >= 0.3 is 0 Å². The van der Waals surface area contributed by atoms with Gasteiger partial charge in [0.2, 0.25) is 0 Å². The van der Waals surface area contributed by atoms with E-state index in [-0.39, 0.29) is 30.1 Å². The van der Waals surface area contributed by atoms with Crippen molar-refractivity contribution in [1.29, 1.82) is 0 Å². The lowest BCUT2D eigenvalue weighted by Crippen LogP contribution is -2.38. The molecule has 4 rings (SSSR count). The van der Waals surface area contributed by atoms with E-state index in [1.54, 1.807) is 29.7 Å². The molecule has 1 N–H and O–H groups in total. The molecule has 1 aliphatic heterocycles. The molecule has 0 radical (unpaired) electrons. The van der Waals surface area contributed by atoms with Crippen molar-refractivity contribution < 1.29 is 22.4 Å². The van der Waals surface area contributed by atoms with Crippen LogP contribution in [-0.4, -0.2) is 38.5 Å². The SMILES string of the molecule is O=C(COc1ccc2occ(-c3ccc(Br)s3)c2c1)NC1CCS(=O)(=O)C1. The van der Waals surface area contributed by atoms with Crippen molar-refractivity contribution in [3.63, 3.8) is 0 Å². The Morgan fingerprint density at radius 3 is 2.89 bits per heavy atom. The van der Waals surface area contributed by atoms with Crippen LogP contribution in [0.15, 0.2) is 44.8 Å². The number of hydrogen-bond donors (Lipinski definition) is 1. The first-order valence-electron chi connectivity index (χ1n) is 8.29. The quantitative estimate of drug-likeness (QED) is 0.616. The first-order chi connectivity index (χ1) is 12.9. The number of hydrogen-bond acceptors (Lipinski definition) is 6.